The van der Waals surface area contributed by atoms with E-state index in [9.17, 15) is 18.0 Å². The first-order valence-electron chi connectivity index (χ1n) is 11.2. The molecule has 1 atom stereocenters. The summed E-state index contributed by atoms with van der Waals surface area (Å²) in [7, 11) is -2.49. The van der Waals surface area contributed by atoms with E-state index in [0.717, 1.165) is 16.1 Å². The number of carbonyl (C=O) groups is 2. The van der Waals surface area contributed by atoms with Crippen LogP contribution >= 0.6 is 23.2 Å². The van der Waals surface area contributed by atoms with Gasteiger partial charge in [-0.05, 0) is 64.4 Å². The molecule has 0 unspecified atom stereocenters. The molecule has 0 fully saturated rings. The zero-order chi connectivity index (χ0) is 27.4. The first-order chi connectivity index (χ1) is 16.5. The number of sulfonamides is 1. The highest BCUT2D eigenvalue weighted by Gasteiger charge is 2.33. The van der Waals surface area contributed by atoms with E-state index >= 15 is 0 Å². The smallest absolute Gasteiger partial charge is 0.244 e. The minimum absolute atomic E-state index is 0.0986. The molecule has 1 N–H and O–H groups in total. The molecule has 0 heterocycles. The van der Waals surface area contributed by atoms with E-state index in [1.807, 2.05) is 20.8 Å². The number of rotatable bonds is 9. The second-order valence-corrected chi connectivity index (χ2v) is 12.3. The zero-order valence-electron chi connectivity index (χ0n) is 21.6. The van der Waals surface area contributed by atoms with Gasteiger partial charge in [0.25, 0.3) is 0 Å². The van der Waals surface area contributed by atoms with Crippen LogP contribution in [0.15, 0.2) is 36.4 Å². The lowest BCUT2D eigenvalue weighted by molar-refractivity contribution is -0.140. The van der Waals surface area contributed by atoms with Crippen molar-refractivity contribution in [3.8, 4) is 5.75 Å². The van der Waals surface area contributed by atoms with E-state index in [4.69, 9.17) is 27.9 Å². The fourth-order valence-electron chi connectivity index (χ4n) is 3.50. The van der Waals surface area contributed by atoms with E-state index in [0.29, 0.717) is 15.6 Å². The maximum absolute atomic E-state index is 13.7. The maximum Gasteiger partial charge on any atom is 0.244 e. The van der Waals surface area contributed by atoms with Crippen LogP contribution in [0, 0.1) is 6.92 Å². The lowest BCUT2D eigenvalue weighted by Gasteiger charge is -2.33. The Hall–Kier alpha value is -2.49. The molecule has 11 heteroatoms. The fourth-order valence-corrected chi connectivity index (χ4v) is 4.86. The Morgan fingerprint density at radius 2 is 1.69 bits per heavy atom. The topological polar surface area (TPSA) is 96.0 Å². The van der Waals surface area contributed by atoms with E-state index in [1.165, 1.54) is 12.0 Å². The van der Waals surface area contributed by atoms with Gasteiger partial charge < -0.3 is 15.0 Å². The zero-order valence-corrected chi connectivity index (χ0v) is 23.9. The Balaban J connectivity index is 2.54. The summed E-state index contributed by atoms with van der Waals surface area (Å²) < 4.78 is 31.9. The number of benzene rings is 2. The lowest BCUT2D eigenvalue weighted by Crippen LogP contribution is -2.54. The normalized spacial score (nSPS) is 12.6. The van der Waals surface area contributed by atoms with E-state index in [1.54, 1.807) is 50.2 Å². The highest BCUT2D eigenvalue weighted by atomic mass is 35.5. The number of carbonyl (C=O) groups excluding carboxylic acids is 2. The van der Waals surface area contributed by atoms with E-state index in [2.05, 4.69) is 5.32 Å². The number of nitrogens with zero attached hydrogens (tertiary/aromatic N) is 2. The van der Waals surface area contributed by atoms with E-state index in [-0.39, 0.29) is 18.0 Å². The average molecular weight is 559 g/mol. The average Bonchev–Trinajstić information content (AvgIpc) is 2.74. The van der Waals surface area contributed by atoms with Crippen molar-refractivity contribution in [3.63, 3.8) is 0 Å². The molecular formula is C25H33Cl2N3O5S. The maximum atomic E-state index is 13.7. The molecule has 2 aromatic rings. The molecule has 0 aromatic heterocycles. The molecule has 8 nitrogen and oxygen atoms in total. The van der Waals surface area contributed by atoms with Crippen LogP contribution in [0.3, 0.4) is 0 Å². The van der Waals surface area contributed by atoms with Gasteiger partial charge in [-0.15, -0.1) is 0 Å². The molecule has 36 heavy (non-hydrogen) atoms. The number of amides is 2. The van der Waals surface area contributed by atoms with Crippen LogP contribution < -0.4 is 14.4 Å². The number of anilines is 1. The number of hydrogen-bond donors (Lipinski definition) is 1. The number of ether oxygens (including phenoxy) is 1. The van der Waals surface area contributed by atoms with Gasteiger partial charge in [-0.3, -0.25) is 13.9 Å². The fraction of sp³-hybridized carbons (Fsp3) is 0.440. The Morgan fingerprint density at radius 3 is 2.19 bits per heavy atom. The van der Waals surface area contributed by atoms with Crippen molar-refractivity contribution < 1.29 is 22.7 Å². The Kier molecular flexibility index (Phi) is 9.67. The third kappa shape index (κ3) is 7.75. The molecule has 2 rings (SSSR count). The number of hydrogen-bond acceptors (Lipinski definition) is 5. The second kappa shape index (κ2) is 11.7. The van der Waals surface area contributed by atoms with Gasteiger partial charge in [-0.25, -0.2) is 8.42 Å². The lowest BCUT2D eigenvalue weighted by atomic mass is 10.1. The number of halogens is 2. The number of aryl methyl sites for hydroxylation is 1. The number of methoxy groups -OCH3 is 1. The van der Waals surface area contributed by atoms with Crippen LogP contribution in [0.2, 0.25) is 10.0 Å². The quantitative estimate of drug-likeness (QED) is 0.492. The summed E-state index contributed by atoms with van der Waals surface area (Å²) in [6, 6.07) is 9.01. The van der Waals surface area contributed by atoms with Crippen molar-refractivity contribution in [1.29, 1.82) is 0 Å². The third-order valence-corrected chi connectivity index (χ3v) is 7.17. The van der Waals surface area contributed by atoms with Gasteiger partial charge in [0, 0.05) is 27.7 Å². The molecule has 2 amide bonds. The second-order valence-electron chi connectivity index (χ2n) is 9.58. The monoisotopic (exact) mass is 557 g/mol. The van der Waals surface area contributed by atoms with Crippen molar-refractivity contribution in [3.05, 3.63) is 57.6 Å². The van der Waals surface area contributed by atoms with Crippen molar-refractivity contribution in [2.24, 2.45) is 0 Å². The first kappa shape index (κ1) is 29.7. The summed E-state index contributed by atoms with van der Waals surface area (Å²) >= 11 is 12.7. The first-order valence-corrected chi connectivity index (χ1v) is 13.8. The highest BCUT2D eigenvalue weighted by Crippen LogP contribution is 2.32. The standard InChI is InChI=1S/C25H33Cl2N3O5S/c1-16-11-12-22(35-6)21(13-16)30(36(7,33)34)15-23(31)29(17(2)24(32)28-25(3,4)5)14-18-19(26)9-8-10-20(18)27/h8-13,17H,14-15H2,1-7H3,(H,28,32)/t17-/m0/s1. The predicted molar refractivity (Wildman–Crippen MR) is 144 cm³/mol. The molecule has 0 radical (unpaired) electrons. The molecule has 2 aromatic carbocycles. The van der Waals surface area contributed by atoms with Gasteiger partial charge in [0.05, 0.1) is 19.1 Å². The van der Waals surface area contributed by atoms with Crippen molar-refractivity contribution in [1.82, 2.24) is 10.2 Å². The Morgan fingerprint density at radius 1 is 1.11 bits per heavy atom. The van der Waals surface area contributed by atoms with Gasteiger partial charge in [-0.1, -0.05) is 35.3 Å². The summed E-state index contributed by atoms with van der Waals surface area (Å²) in [5, 5.41) is 3.51. The molecule has 0 aliphatic rings. The van der Waals surface area contributed by atoms with Crippen LogP contribution in [-0.2, 0) is 26.2 Å². The van der Waals surface area contributed by atoms with Crippen LogP contribution in [0.5, 0.6) is 5.75 Å². The summed E-state index contributed by atoms with van der Waals surface area (Å²) in [4.78, 5) is 28.0. The van der Waals surface area contributed by atoms with Crippen LogP contribution in [0.1, 0.15) is 38.8 Å². The van der Waals surface area contributed by atoms with Gasteiger partial charge in [-0.2, -0.15) is 0 Å². The predicted octanol–water partition coefficient (Wildman–Crippen LogP) is 4.41. The largest absolute Gasteiger partial charge is 0.495 e. The minimum atomic E-state index is -3.91. The van der Waals surface area contributed by atoms with Gasteiger partial charge in [0.2, 0.25) is 21.8 Å². The SMILES string of the molecule is COc1ccc(C)cc1N(CC(=O)N(Cc1c(Cl)cccc1Cl)[C@@H](C)C(=O)NC(C)(C)C)S(C)(=O)=O. The molecule has 0 spiro atoms. The molecule has 0 saturated carbocycles. The molecule has 0 saturated heterocycles. The minimum Gasteiger partial charge on any atom is -0.495 e. The van der Waals surface area contributed by atoms with Gasteiger partial charge >= 0.3 is 0 Å². The van der Waals surface area contributed by atoms with Gasteiger partial charge in [0.1, 0.15) is 18.3 Å². The highest BCUT2D eigenvalue weighted by molar-refractivity contribution is 7.92. The van der Waals surface area contributed by atoms with E-state index < -0.39 is 40.0 Å². The summed E-state index contributed by atoms with van der Waals surface area (Å²) in [5.41, 5.74) is 0.902. The van der Waals surface area contributed by atoms with Crippen LogP contribution in [0.25, 0.3) is 0 Å². The molecule has 0 bridgehead atoms. The molecule has 198 valence electrons. The van der Waals surface area contributed by atoms with Crippen LogP contribution in [-0.4, -0.2) is 56.6 Å². The van der Waals surface area contributed by atoms with Crippen molar-refractivity contribution >= 4 is 50.7 Å². The number of nitrogens with one attached hydrogen (secondary N) is 1. The summed E-state index contributed by atoms with van der Waals surface area (Å²) in [5.74, 6) is -0.729. The van der Waals surface area contributed by atoms with Gasteiger partial charge in [0.15, 0.2) is 0 Å². The summed E-state index contributed by atoms with van der Waals surface area (Å²) in [6.07, 6.45) is 1.01. The molecular weight excluding hydrogens is 525 g/mol. The van der Waals surface area contributed by atoms with Crippen molar-refractivity contribution in [2.45, 2.75) is 52.7 Å². The Labute approximate surface area is 223 Å². The van der Waals surface area contributed by atoms with Crippen LogP contribution in [0.4, 0.5) is 5.69 Å². The van der Waals surface area contributed by atoms with Crippen molar-refractivity contribution in [2.75, 3.05) is 24.2 Å². The molecule has 0 aliphatic heterocycles. The Bertz CT molecular complexity index is 1210. The third-order valence-electron chi connectivity index (χ3n) is 5.34. The molecule has 0 aliphatic carbocycles. The summed E-state index contributed by atoms with van der Waals surface area (Å²) in [6.45, 7) is 8.18.